The molecule has 0 rings (SSSR count). The fourth-order valence-corrected chi connectivity index (χ4v) is 2.46. The van der Waals surface area contributed by atoms with Crippen molar-refractivity contribution in [3.05, 3.63) is 0 Å². The van der Waals surface area contributed by atoms with Gasteiger partial charge in [-0.3, -0.25) is 0 Å². The molecule has 0 unspecified atom stereocenters. The second kappa shape index (κ2) is 5.03. The summed E-state index contributed by atoms with van der Waals surface area (Å²) in [4.78, 5) is 0. The molecule has 0 saturated heterocycles. The van der Waals surface area contributed by atoms with E-state index in [4.69, 9.17) is 15.3 Å². The standard InChI is InChI=1S/C6H16O3P/c1-2-3-10(4-7,5-8)6-9/h7-9H,2-6H2,1H3/q+1. The Labute approximate surface area is 62.0 Å². The Hall–Kier alpha value is 0.310. The van der Waals surface area contributed by atoms with Crippen molar-refractivity contribution in [1.82, 2.24) is 0 Å². The lowest BCUT2D eigenvalue weighted by atomic mass is 10.6. The van der Waals surface area contributed by atoms with Crippen LogP contribution in [0.2, 0.25) is 0 Å². The van der Waals surface area contributed by atoms with Gasteiger partial charge < -0.3 is 15.3 Å². The first kappa shape index (κ1) is 10.3. The van der Waals surface area contributed by atoms with Gasteiger partial charge in [-0.25, -0.2) is 0 Å². The van der Waals surface area contributed by atoms with Crippen LogP contribution in [0.5, 0.6) is 0 Å². The maximum Gasteiger partial charge on any atom is 0.158 e. The Bertz CT molecular complexity index is 74.8. The van der Waals surface area contributed by atoms with E-state index in [1.807, 2.05) is 6.92 Å². The SMILES string of the molecule is CCC[P+](CO)(CO)CO. The summed E-state index contributed by atoms with van der Waals surface area (Å²) in [5.74, 6) is 0. The third-order valence-electron chi connectivity index (χ3n) is 1.60. The molecular weight excluding hydrogens is 151 g/mol. The van der Waals surface area contributed by atoms with E-state index in [1.165, 1.54) is 0 Å². The summed E-state index contributed by atoms with van der Waals surface area (Å²) in [5, 5.41) is 26.5. The quantitative estimate of drug-likeness (QED) is 0.515. The van der Waals surface area contributed by atoms with Crippen molar-refractivity contribution in [3.8, 4) is 0 Å². The Kier molecular flexibility index (Phi) is 5.18. The molecule has 0 bridgehead atoms. The highest BCUT2D eigenvalue weighted by Gasteiger charge is 2.34. The molecule has 0 aliphatic carbocycles. The summed E-state index contributed by atoms with van der Waals surface area (Å²) in [6.07, 6.45) is 1.58. The molecule has 4 heteroatoms. The van der Waals surface area contributed by atoms with E-state index >= 15 is 0 Å². The average molecular weight is 167 g/mol. The van der Waals surface area contributed by atoms with Gasteiger partial charge >= 0.3 is 0 Å². The zero-order chi connectivity index (χ0) is 8.04. The molecule has 0 aliphatic rings. The van der Waals surface area contributed by atoms with Crippen molar-refractivity contribution in [3.63, 3.8) is 0 Å². The van der Waals surface area contributed by atoms with Crippen molar-refractivity contribution in [2.75, 3.05) is 25.2 Å². The molecule has 0 saturated carbocycles. The Balaban J connectivity index is 3.87. The van der Waals surface area contributed by atoms with Crippen molar-refractivity contribution in [2.24, 2.45) is 0 Å². The molecule has 0 aromatic heterocycles. The predicted molar refractivity (Wildman–Crippen MR) is 43.3 cm³/mol. The smallest absolute Gasteiger partial charge is 0.158 e. The molecule has 0 atom stereocenters. The van der Waals surface area contributed by atoms with E-state index in [1.54, 1.807) is 0 Å². The summed E-state index contributed by atoms with van der Waals surface area (Å²) < 4.78 is 0. The summed E-state index contributed by atoms with van der Waals surface area (Å²) in [6, 6.07) is 0. The van der Waals surface area contributed by atoms with Crippen LogP contribution in [-0.4, -0.2) is 40.5 Å². The number of aliphatic hydroxyl groups excluding tert-OH is 3. The van der Waals surface area contributed by atoms with Gasteiger partial charge in [0.05, 0.1) is 13.4 Å². The Morgan fingerprint density at radius 3 is 1.50 bits per heavy atom. The molecule has 0 heterocycles. The van der Waals surface area contributed by atoms with Gasteiger partial charge in [0.2, 0.25) is 0 Å². The highest BCUT2D eigenvalue weighted by Crippen LogP contribution is 2.56. The second-order valence-electron chi connectivity index (χ2n) is 2.49. The third-order valence-corrected chi connectivity index (χ3v) is 4.79. The lowest BCUT2D eigenvalue weighted by molar-refractivity contribution is 0.311. The zero-order valence-electron chi connectivity index (χ0n) is 6.32. The van der Waals surface area contributed by atoms with Gasteiger partial charge in [-0.2, -0.15) is 0 Å². The molecular formula is C6H16O3P+. The normalized spacial score (nSPS) is 12.0. The molecule has 3 N–H and O–H groups in total. The molecule has 0 fully saturated rings. The molecule has 3 nitrogen and oxygen atoms in total. The molecule has 0 aromatic carbocycles. The maximum absolute atomic E-state index is 8.84. The van der Waals surface area contributed by atoms with E-state index < -0.39 is 7.26 Å². The molecule has 62 valence electrons. The van der Waals surface area contributed by atoms with Crippen LogP contribution in [0.15, 0.2) is 0 Å². The lowest BCUT2D eigenvalue weighted by Gasteiger charge is -2.18. The Morgan fingerprint density at radius 1 is 1.00 bits per heavy atom. The zero-order valence-corrected chi connectivity index (χ0v) is 7.22. The minimum absolute atomic E-state index is 0.0339. The number of hydrogen-bond donors (Lipinski definition) is 3. The van der Waals surface area contributed by atoms with E-state index in [0.29, 0.717) is 0 Å². The van der Waals surface area contributed by atoms with Crippen molar-refractivity contribution in [2.45, 2.75) is 13.3 Å². The van der Waals surface area contributed by atoms with Gasteiger partial charge in [-0.1, -0.05) is 6.92 Å². The van der Waals surface area contributed by atoms with Crippen LogP contribution in [0.4, 0.5) is 0 Å². The van der Waals surface area contributed by atoms with Gasteiger partial charge in [0.15, 0.2) is 19.0 Å². The van der Waals surface area contributed by atoms with Crippen LogP contribution in [0, 0.1) is 0 Å². The monoisotopic (exact) mass is 167 g/mol. The molecule has 0 spiro atoms. The van der Waals surface area contributed by atoms with Crippen LogP contribution in [0.1, 0.15) is 13.3 Å². The lowest BCUT2D eigenvalue weighted by Crippen LogP contribution is -2.10. The Morgan fingerprint density at radius 2 is 1.40 bits per heavy atom. The van der Waals surface area contributed by atoms with E-state index in [-0.39, 0.29) is 19.0 Å². The molecule has 0 radical (unpaired) electrons. The van der Waals surface area contributed by atoms with Crippen LogP contribution in [0.25, 0.3) is 0 Å². The van der Waals surface area contributed by atoms with Crippen LogP contribution in [-0.2, 0) is 0 Å². The summed E-state index contributed by atoms with van der Waals surface area (Å²) >= 11 is 0. The van der Waals surface area contributed by atoms with E-state index in [2.05, 4.69) is 0 Å². The van der Waals surface area contributed by atoms with Crippen LogP contribution >= 0.6 is 7.26 Å². The number of hydrogen-bond acceptors (Lipinski definition) is 3. The highest BCUT2D eigenvalue weighted by atomic mass is 31.2. The number of rotatable bonds is 5. The fourth-order valence-electron chi connectivity index (χ4n) is 0.821. The number of aliphatic hydroxyl groups is 3. The first-order chi connectivity index (χ1) is 4.74. The van der Waals surface area contributed by atoms with Crippen molar-refractivity contribution < 1.29 is 15.3 Å². The predicted octanol–water partition coefficient (Wildman–Crippen LogP) is 0.263. The van der Waals surface area contributed by atoms with Gasteiger partial charge in [0, 0.05) is 0 Å². The minimum atomic E-state index is -1.77. The van der Waals surface area contributed by atoms with E-state index in [9.17, 15) is 0 Å². The summed E-state index contributed by atoms with van der Waals surface area (Å²) in [6.45, 7) is 1.98. The average Bonchev–Trinajstić information content (AvgIpc) is 2.01. The topological polar surface area (TPSA) is 60.7 Å². The molecule has 0 aliphatic heterocycles. The van der Waals surface area contributed by atoms with Crippen LogP contribution in [0.3, 0.4) is 0 Å². The molecule has 0 amide bonds. The van der Waals surface area contributed by atoms with Crippen LogP contribution < -0.4 is 0 Å². The molecule has 10 heavy (non-hydrogen) atoms. The van der Waals surface area contributed by atoms with E-state index in [0.717, 1.165) is 12.6 Å². The molecule has 0 aromatic rings. The highest BCUT2D eigenvalue weighted by molar-refractivity contribution is 7.75. The van der Waals surface area contributed by atoms with Crippen molar-refractivity contribution in [1.29, 1.82) is 0 Å². The second-order valence-corrected chi connectivity index (χ2v) is 6.47. The maximum atomic E-state index is 8.84. The summed E-state index contributed by atoms with van der Waals surface area (Å²) in [5.41, 5.74) is 0. The first-order valence-corrected chi connectivity index (χ1v) is 5.95. The van der Waals surface area contributed by atoms with Gasteiger partial charge in [0.25, 0.3) is 0 Å². The fraction of sp³-hybridized carbons (Fsp3) is 1.00. The van der Waals surface area contributed by atoms with Gasteiger partial charge in [-0.15, -0.1) is 0 Å². The third kappa shape index (κ3) is 2.51. The van der Waals surface area contributed by atoms with Gasteiger partial charge in [-0.05, 0) is 6.42 Å². The van der Waals surface area contributed by atoms with Gasteiger partial charge in [0.1, 0.15) is 0 Å². The largest absolute Gasteiger partial charge is 0.362 e. The van der Waals surface area contributed by atoms with Crippen molar-refractivity contribution >= 4 is 7.26 Å². The first-order valence-electron chi connectivity index (χ1n) is 3.42. The summed E-state index contributed by atoms with van der Waals surface area (Å²) in [7, 11) is -1.77. The minimum Gasteiger partial charge on any atom is -0.362 e.